The fourth-order valence-electron chi connectivity index (χ4n) is 2.35. The molecule has 0 radical (unpaired) electrons. The van der Waals surface area contributed by atoms with Gasteiger partial charge < -0.3 is 15.2 Å². The van der Waals surface area contributed by atoms with Gasteiger partial charge in [-0.15, -0.1) is 0 Å². The van der Waals surface area contributed by atoms with Gasteiger partial charge in [0.1, 0.15) is 5.75 Å². The fourth-order valence-corrected chi connectivity index (χ4v) is 2.35. The molecule has 0 spiro atoms. The van der Waals surface area contributed by atoms with E-state index >= 15 is 0 Å². The molecule has 1 fully saturated rings. The summed E-state index contributed by atoms with van der Waals surface area (Å²) in [5.74, 6) is -0.525. The quantitative estimate of drug-likeness (QED) is 0.832. The summed E-state index contributed by atoms with van der Waals surface area (Å²) in [5, 5.41) is 11.7. The maximum Gasteiger partial charge on any atom is 0.305 e. The number of carboxylic acids is 1. The van der Waals surface area contributed by atoms with Gasteiger partial charge in [0.05, 0.1) is 12.0 Å². The van der Waals surface area contributed by atoms with Crippen LogP contribution in [0.2, 0.25) is 0 Å². The lowest BCUT2D eigenvalue weighted by atomic mass is 9.74. The van der Waals surface area contributed by atoms with Crippen LogP contribution in [0.5, 0.6) is 5.75 Å². The molecule has 108 valence electrons. The molecule has 0 aromatic heterocycles. The van der Waals surface area contributed by atoms with E-state index in [4.69, 9.17) is 9.84 Å². The van der Waals surface area contributed by atoms with Crippen LogP contribution in [-0.4, -0.2) is 29.1 Å². The molecule has 5 nitrogen and oxygen atoms in total. The van der Waals surface area contributed by atoms with E-state index in [1.807, 2.05) is 19.1 Å². The number of ether oxygens (including phenoxy) is 1. The predicted molar refractivity (Wildman–Crippen MR) is 73.7 cm³/mol. The van der Waals surface area contributed by atoms with Crippen molar-refractivity contribution < 1.29 is 19.4 Å². The molecule has 0 aliphatic heterocycles. The standard InChI is InChI=1S/C15H19NO4/c1-11-3-5-12(6-4-11)20-10-13(17)16-15(7-2-8-15)9-14(18)19/h3-6H,2,7-10H2,1H3,(H,16,17)(H,18,19). The van der Waals surface area contributed by atoms with Crippen LogP contribution in [0.4, 0.5) is 0 Å². The first-order valence-corrected chi connectivity index (χ1v) is 6.71. The monoisotopic (exact) mass is 277 g/mol. The second-order valence-corrected chi connectivity index (χ2v) is 5.35. The summed E-state index contributed by atoms with van der Waals surface area (Å²) in [6.07, 6.45) is 2.36. The van der Waals surface area contributed by atoms with E-state index < -0.39 is 11.5 Å². The molecule has 1 aromatic rings. The minimum Gasteiger partial charge on any atom is -0.484 e. The zero-order chi connectivity index (χ0) is 14.6. The van der Waals surface area contributed by atoms with Crippen LogP contribution in [0.3, 0.4) is 0 Å². The Morgan fingerprint density at radius 3 is 2.45 bits per heavy atom. The number of carboxylic acid groups (broad SMARTS) is 1. The lowest BCUT2D eigenvalue weighted by Gasteiger charge is -2.41. The highest BCUT2D eigenvalue weighted by Crippen LogP contribution is 2.34. The summed E-state index contributed by atoms with van der Waals surface area (Å²) < 4.78 is 5.38. The normalized spacial score (nSPS) is 16.1. The van der Waals surface area contributed by atoms with Crippen molar-refractivity contribution in [3.63, 3.8) is 0 Å². The summed E-state index contributed by atoms with van der Waals surface area (Å²) in [4.78, 5) is 22.7. The molecule has 20 heavy (non-hydrogen) atoms. The van der Waals surface area contributed by atoms with E-state index in [9.17, 15) is 9.59 Å². The maximum absolute atomic E-state index is 11.8. The summed E-state index contributed by atoms with van der Waals surface area (Å²) in [6.45, 7) is 1.88. The molecule has 0 heterocycles. The molecule has 0 saturated heterocycles. The first-order valence-electron chi connectivity index (χ1n) is 6.71. The number of aryl methyl sites for hydroxylation is 1. The largest absolute Gasteiger partial charge is 0.484 e. The lowest BCUT2D eigenvalue weighted by molar-refractivity contribution is -0.140. The van der Waals surface area contributed by atoms with Gasteiger partial charge in [-0.05, 0) is 38.3 Å². The van der Waals surface area contributed by atoms with Gasteiger partial charge in [-0.25, -0.2) is 0 Å². The summed E-state index contributed by atoms with van der Waals surface area (Å²) in [7, 11) is 0. The van der Waals surface area contributed by atoms with E-state index in [1.54, 1.807) is 12.1 Å². The topological polar surface area (TPSA) is 75.6 Å². The molecule has 5 heteroatoms. The van der Waals surface area contributed by atoms with Crippen molar-refractivity contribution in [2.24, 2.45) is 0 Å². The highest BCUT2D eigenvalue weighted by molar-refractivity contribution is 5.80. The van der Waals surface area contributed by atoms with Gasteiger partial charge in [-0.2, -0.15) is 0 Å². The van der Waals surface area contributed by atoms with E-state index in [0.717, 1.165) is 24.8 Å². The second-order valence-electron chi connectivity index (χ2n) is 5.35. The highest BCUT2D eigenvalue weighted by Gasteiger charge is 2.40. The van der Waals surface area contributed by atoms with Crippen molar-refractivity contribution in [2.45, 2.75) is 38.1 Å². The van der Waals surface area contributed by atoms with Gasteiger partial charge in [-0.1, -0.05) is 17.7 Å². The highest BCUT2D eigenvalue weighted by atomic mass is 16.5. The summed E-state index contributed by atoms with van der Waals surface area (Å²) >= 11 is 0. The average Bonchev–Trinajstić information content (AvgIpc) is 2.35. The van der Waals surface area contributed by atoms with Gasteiger partial charge >= 0.3 is 5.97 Å². The third-order valence-corrected chi connectivity index (χ3v) is 3.60. The zero-order valence-electron chi connectivity index (χ0n) is 11.5. The molecule has 1 aromatic carbocycles. The number of nitrogens with one attached hydrogen (secondary N) is 1. The van der Waals surface area contributed by atoms with Crippen LogP contribution in [-0.2, 0) is 9.59 Å². The minimum atomic E-state index is -0.885. The first kappa shape index (κ1) is 14.4. The van der Waals surface area contributed by atoms with Crippen molar-refractivity contribution >= 4 is 11.9 Å². The Morgan fingerprint density at radius 1 is 1.30 bits per heavy atom. The van der Waals surface area contributed by atoms with E-state index in [0.29, 0.717) is 5.75 Å². The number of rotatable bonds is 6. The second kappa shape index (κ2) is 5.94. The van der Waals surface area contributed by atoms with Gasteiger partial charge in [0, 0.05) is 0 Å². The van der Waals surface area contributed by atoms with Crippen molar-refractivity contribution in [1.29, 1.82) is 0 Å². The van der Waals surface area contributed by atoms with Crippen molar-refractivity contribution in [3.05, 3.63) is 29.8 Å². The predicted octanol–water partition coefficient (Wildman–Crippen LogP) is 1.89. The van der Waals surface area contributed by atoms with Crippen LogP contribution < -0.4 is 10.1 Å². The molecule has 1 aliphatic carbocycles. The Labute approximate surface area is 117 Å². The molecular weight excluding hydrogens is 258 g/mol. The third-order valence-electron chi connectivity index (χ3n) is 3.60. The Morgan fingerprint density at radius 2 is 1.95 bits per heavy atom. The lowest BCUT2D eigenvalue weighted by Crippen LogP contribution is -2.55. The molecule has 0 bridgehead atoms. The van der Waals surface area contributed by atoms with Gasteiger partial charge in [0.15, 0.2) is 6.61 Å². The Kier molecular flexibility index (Phi) is 4.27. The van der Waals surface area contributed by atoms with Crippen molar-refractivity contribution in [3.8, 4) is 5.75 Å². The SMILES string of the molecule is Cc1ccc(OCC(=O)NC2(CC(=O)O)CCC2)cc1. The van der Waals surface area contributed by atoms with Gasteiger partial charge in [0.2, 0.25) is 0 Å². The molecule has 1 amide bonds. The number of amides is 1. The van der Waals surface area contributed by atoms with Gasteiger partial charge in [-0.3, -0.25) is 9.59 Å². The number of hydrogen-bond donors (Lipinski definition) is 2. The molecule has 1 saturated carbocycles. The van der Waals surface area contributed by atoms with Crippen molar-refractivity contribution in [1.82, 2.24) is 5.32 Å². The van der Waals surface area contributed by atoms with Crippen molar-refractivity contribution in [2.75, 3.05) is 6.61 Å². The Bertz CT molecular complexity index is 491. The van der Waals surface area contributed by atoms with Crippen LogP contribution in [0, 0.1) is 6.92 Å². The van der Waals surface area contributed by atoms with Crippen LogP contribution in [0.15, 0.2) is 24.3 Å². The van der Waals surface area contributed by atoms with E-state index in [-0.39, 0.29) is 18.9 Å². The molecule has 0 unspecified atom stereocenters. The summed E-state index contributed by atoms with van der Waals surface area (Å²) in [5.41, 5.74) is 0.552. The average molecular weight is 277 g/mol. The van der Waals surface area contributed by atoms with E-state index in [2.05, 4.69) is 5.32 Å². The maximum atomic E-state index is 11.8. The van der Waals surface area contributed by atoms with Crippen LogP contribution in [0.25, 0.3) is 0 Å². The van der Waals surface area contributed by atoms with Crippen LogP contribution in [0.1, 0.15) is 31.2 Å². The minimum absolute atomic E-state index is 0.0245. The molecule has 1 aliphatic rings. The number of benzene rings is 1. The smallest absolute Gasteiger partial charge is 0.305 e. The number of aliphatic carboxylic acids is 1. The molecule has 0 atom stereocenters. The zero-order valence-corrected chi connectivity index (χ0v) is 11.5. The Hall–Kier alpha value is -2.04. The summed E-state index contributed by atoms with van der Waals surface area (Å²) in [6, 6.07) is 7.42. The Balaban J connectivity index is 1.83. The first-order chi connectivity index (χ1) is 9.49. The molecule has 2 rings (SSSR count). The van der Waals surface area contributed by atoms with Gasteiger partial charge in [0.25, 0.3) is 5.91 Å². The van der Waals surface area contributed by atoms with E-state index in [1.165, 1.54) is 0 Å². The van der Waals surface area contributed by atoms with Crippen LogP contribution >= 0.6 is 0 Å². The number of carbonyl (C=O) groups excluding carboxylic acids is 1. The molecule has 2 N–H and O–H groups in total. The number of carbonyl (C=O) groups is 2. The number of hydrogen-bond acceptors (Lipinski definition) is 3. The fraction of sp³-hybridized carbons (Fsp3) is 0.467. The third kappa shape index (κ3) is 3.73. The molecular formula is C15H19NO4.